The Labute approximate surface area is 137 Å². The Kier molecular flexibility index (Phi) is 3.91. The summed E-state index contributed by atoms with van der Waals surface area (Å²) >= 11 is 1.54. The maximum absolute atomic E-state index is 12.4. The maximum Gasteiger partial charge on any atom is 0.256 e. The number of hydrogen-bond acceptors (Lipinski definition) is 5. The lowest BCUT2D eigenvalue weighted by atomic mass is 10.2. The lowest BCUT2D eigenvalue weighted by Gasteiger charge is -2.09. The summed E-state index contributed by atoms with van der Waals surface area (Å²) in [6.07, 6.45) is 1.09. The highest BCUT2D eigenvalue weighted by atomic mass is 32.2. The number of carbonyl (C=O) groups excluding carboxylic acids is 1. The van der Waals surface area contributed by atoms with Crippen LogP contribution >= 0.6 is 11.3 Å². The van der Waals surface area contributed by atoms with Crippen LogP contribution in [0.2, 0.25) is 0 Å². The van der Waals surface area contributed by atoms with Crippen molar-refractivity contribution in [3.8, 4) is 0 Å². The Morgan fingerprint density at radius 3 is 2.65 bits per heavy atom. The molecule has 1 amide bonds. The highest BCUT2D eigenvalue weighted by Crippen LogP contribution is 2.25. The van der Waals surface area contributed by atoms with E-state index in [0.29, 0.717) is 5.69 Å². The molecule has 2 aromatic carbocycles. The van der Waals surface area contributed by atoms with E-state index in [0.717, 1.165) is 21.5 Å². The van der Waals surface area contributed by atoms with Crippen molar-refractivity contribution in [1.82, 2.24) is 4.98 Å². The Morgan fingerprint density at radius 1 is 1.17 bits per heavy atom. The second kappa shape index (κ2) is 5.75. The molecule has 0 saturated carbocycles. The standard InChI is InChI=1S/C16H14N2O3S2/c1-10-17-13-8-7-11(9-14(13)22-10)18-16(19)12-5-3-4-6-15(12)23(2,20)21/h3-9H,1-2H3,(H,18,19). The van der Waals surface area contributed by atoms with Gasteiger partial charge in [-0.1, -0.05) is 12.1 Å². The summed E-state index contributed by atoms with van der Waals surface area (Å²) in [6, 6.07) is 11.6. The third kappa shape index (κ3) is 3.25. The number of aromatic nitrogens is 1. The van der Waals surface area contributed by atoms with Crippen molar-refractivity contribution in [3.63, 3.8) is 0 Å². The monoisotopic (exact) mass is 346 g/mol. The third-order valence-electron chi connectivity index (χ3n) is 3.28. The molecule has 23 heavy (non-hydrogen) atoms. The number of nitrogens with one attached hydrogen (secondary N) is 1. The van der Waals surface area contributed by atoms with Crippen LogP contribution in [0.1, 0.15) is 15.4 Å². The van der Waals surface area contributed by atoms with Crippen LogP contribution in [-0.4, -0.2) is 25.6 Å². The largest absolute Gasteiger partial charge is 0.322 e. The maximum atomic E-state index is 12.4. The number of nitrogens with zero attached hydrogens (tertiary/aromatic N) is 1. The number of thiazole rings is 1. The summed E-state index contributed by atoms with van der Waals surface area (Å²) in [6.45, 7) is 1.92. The average molecular weight is 346 g/mol. The molecule has 0 radical (unpaired) electrons. The molecule has 3 rings (SSSR count). The molecule has 1 heterocycles. The predicted molar refractivity (Wildman–Crippen MR) is 91.9 cm³/mol. The van der Waals surface area contributed by atoms with E-state index < -0.39 is 15.7 Å². The zero-order valence-corrected chi connectivity index (χ0v) is 14.2. The zero-order chi connectivity index (χ0) is 16.6. The minimum atomic E-state index is -3.47. The molecule has 0 aliphatic carbocycles. The first kappa shape index (κ1) is 15.6. The van der Waals surface area contributed by atoms with E-state index >= 15 is 0 Å². The fourth-order valence-electron chi connectivity index (χ4n) is 2.29. The average Bonchev–Trinajstić information content (AvgIpc) is 2.85. The second-order valence-electron chi connectivity index (χ2n) is 5.14. The molecule has 0 aliphatic rings. The molecule has 0 atom stereocenters. The summed E-state index contributed by atoms with van der Waals surface area (Å²) < 4.78 is 24.6. The molecule has 1 aromatic heterocycles. The molecular weight excluding hydrogens is 332 g/mol. The molecule has 0 unspecified atom stereocenters. The van der Waals surface area contributed by atoms with Gasteiger partial charge in [0, 0.05) is 11.9 Å². The van der Waals surface area contributed by atoms with E-state index in [2.05, 4.69) is 10.3 Å². The number of amides is 1. The number of benzene rings is 2. The van der Waals surface area contributed by atoms with Crippen LogP contribution in [0.3, 0.4) is 0 Å². The highest BCUT2D eigenvalue weighted by Gasteiger charge is 2.18. The van der Waals surface area contributed by atoms with E-state index in [1.165, 1.54) is 23.5 Å². The van der Waals surface area contributed by atoms with Crippen LogP contribution in [0.25, 0.3) is 10.2 Å². The van der Waals surface area contributed by atoms with E-state index in [1.54, 1.807) is 18.2 Å². The van der Waals surface area contributed by atoms with E-state index in [1.807, 2.05) is 19.1 Å². The number of carbonyl (C=O) groups is 1. The van der Waals surface area contributed by atoms with Gasteiger partial charge in [0.15, 0.2) is 9.84 Å². The van der Waals surface area contributed by atoms with Crippen molar-refractivity contribution in [2.45, 2.75) is 11.8 Å². The Morgan fingerprint density at radius 2 is 1.91 bits per heavy atom. The Bertz CT molecular complexity index is 1010. The quantitative estimate of drug-likeness (QED) is 0.790. The summed E-state index contributed by atoms with van der Waals surface area (Å²) in [5.74, 6) is -0.452. The molecule has 0 fully saturated rings. The van der Waals surface area contributed by atoms with Gasteiger partial charge in [-0.2, -0.15) is 0 Å². The lowest BCUT2D eigenvalue weighted by molar-refractivity contribution is 0.102. The van der Waals surface area contributed by atoms with Crippen molar-refractivity contribution < 1.29 is 13.2 Å². The molecule has 5 nitrogen and oxygen atoms in total. The van der Waals surface area contributed by atoms with E-state index in [9.17, 15) is 13.2 Å². The van der Waals surface area contributed by atoms with Crippen LogP contribution in [-0.2, 0) is 9.84 Å². The fraction of sp³-hybridized carbons (Fsp3) is 0.125. The number of rotatable bonds is 3. The van der Waals surface area contributed by atoms with Crippen molar-refractivity contribution >= 4 is 43.0 Å². The van der Waals surface area contributed by atoms with Gasteiger partial charge in [0.1, 0.15) is 0 Å². The van der Waals surface area contributed by atoms with Crippen molar-refractivity contribution in [3.05, 3.63) is 53.0 Å². The normalized spacial score (nSPS) is 11.6. The Balaban J connectivity index is 1.95. The van der Waals surface area contributed by atoms with E-state index in [-0.39, 0.29) is 10.5 Å². The van der Waals surface area contributed by atoms with Crippen LogP contribution in [0.5, 0.6) is 0 Å². The van der Waals surface area contributed by atoms with Crippen molar-refractivity contribution in [1.29, 1.82) is 0 Å². The van der Waals surface area contributed by atoms with Crippen LogP contribution in [0, 0.1) is 6.92 Å². The number of fused-ring (bicyclic) bond motifs is 1. The summed E-state index contributed by atoms with van der Waals surface area (Å²) in [7, 11) is -3.47. The van der Waals surface area contributed by atoms with Crippen LogP contribution in [0.15, 0.2) is 47.4 Å². The minimum absolute atomic E-state index is 0.0206. The second-order valence-corrected chi connectivity index (χ2v) is 8.36. The van der Waals surface area contributed by atoms with Gasteiger partial charge in [-0.15, -0.1) is 11.3 Å². The predicted octanol–water partition coefficient (Wildman–Crippen LogP) is 3.26. The van der Waals surface area contributed by atoms with Crippen LogP contribution < -0.4 is 5.32 Å². The van der Waals surface area contributed by atoms with Crippen molar-refractivity contribution in [2.24, 2.45) is 0 Å². The SMILES string of the molecule is Cc1nc2ccc(NC(=O)c3ccccc3S(C)(=O)=O)cc2s1. The lowest BCUT2D eigenvalue weighted by Crippen LogP contribution is -2.15. The minimum Gasteiger partial charge on any atom is -0.322 e. The first-order valence-electron chi connectivity index (χ1n) is 6.82. The van der Waals surface area contributed by atoms with E-state index in [4.69, 9.17) is 0 Å². The number of sulfone groups is 1. The summed E-state index contributed by atoms with van der Waals surface area (Å²) in [5.41, 5.74) is 1.62. The zero-order valence-electron chi connectivity index (χ0n) is 12.5. The molecular formula is C16H14N2O3S2. The first-order valence-corrected chi connectivity index (χ1v) is 9.53. The number of hydrogen-bond donors (Lipinski definition) is 1. The van der Waals surface area contributed by atoms with Gasteiger partial charge < -0.3 is 5.32 Å². The molecule has 0 spiro atoms. The molecule has 0 aliphatic heterocycles. The fourth-order valence-corrected chi connectivity index (χ4v) is 4.05. The molecule has 0 saturated heterocycles. The van der Waals surface area contributed by atoms with Gasteiger partial charge in [-0.25, -0.2) is 13.4 Å². The summed E-state index contributed by atoms with van der Waals surface area (Å²) in [4.78, 5) is 16.8. The smallest absolute Gasteiger partial charge is 0.256 e. The number of anilines is 1. The Hall–Kier alpha value is -2.25. The summed E-state index contributed by atoms with van der Waals surface area (Å²) in [5, 5.41) is 3.70. The molecule has 7 heteroatoms. The van der Waals surface area contributed by atoms with Gasteiger partial charge in [0.25, 0.3) is 5.91 Å². The topological polar surface area (TPSA) is 76.1 Å². The van der Waals surface area contributed by atoms with Crippen molar-refractivity contribution in [2.75, 3.05) is 11.6 Å². The molecule has 118 valence electrons. The molecule has 0 bridgehead atoms. The first-order chi connectivity index (χ1) is 10.8. The number of aryl methyl sites for hydroxylation is 1. The van der Waals surface area contributed by atoms with Gasteiger partial charge in [0.2, 0.25) is 0 Å². The van der Waals surface area contributed by atoms with Gasteiger partial charge in [-0.05, 0) is 37.3 Å². The van der Waals surface area contributed by atoms with Gasteiger partial charge >= 0.3 is 0 Å². The third-order valence-corrected chi connectivity index (χ3v) is 5.37. The molecule has 1 N–H and O–H groups in total. The van der Waals surface area contributed by atoms with Gasteiger partial charge in [0.05, 0.1) is 25.7 Å². The van der Waals surface area contributed by atoms with Crippen LogP contribution in [0.4, 0.5) is 5.69 Å². The highest BCUT2D eigenvalue weighted by molar-refractivity contribution is 7.90. The van der Waals surface area contributed by atoms with Gasteiger partial charge in [-0.3, -0.25) is 4.79 Å². The molecule has 3 aromatic rings.